The molecule has 0 amide bonds. The fourth-order valence-corrected chi connectivity index (χ4v) is 1.94. The number of nitrogens with one attached hydrogen (secondary N) is 1. The van der Waals surface area contributed by atoms with Gasteiger partial charge in [0, 0.05) is 32.0 Å². The van der Waals surface area contributed by atoms with Crippen LogP contribution in [0.25, 0.3) is 0 Å². The van der Waals surface area contributed by atoms with Crippen molar-refractivity contribution >= 4 is 11.4 Å². The Morgan fingerprint density at radius 3 is 2.32 bits per heavy atom. The summed E-state index contributed by atoms with van der Waals surface area (Å²) in [5, 5.41) is 12.7. The predicted octanol–water partition coefficient (Wildman–Crippen LogP) is 3.38. The monoisotopic (exact) mass is 256 g/mol. The minimum Gasteiger partial charge on any atom is -0.508 e. The van der Waals surface area contributed by atoms with Gasteiger partial charge in [0.2, 0.25) is 0 Å². The van der Waals surface area contributed by atoms with Gasteiger partial charge in [0.05, 0.1) is 0 Å². The van der Waals surface area contributed by atoms with E-state index in [1.807, 2.05) is 26.2 Å². The van der Waals surface area contributed by atoms with E-state index >= 15 is 0 Å². The van der Waals surface area contributed by atoms with Crippen molar-refractivity contribution in [2.75, 3.05) is 24.3 Å². The Kier molecular flexibility index (Phi) is 3.95. The fraction of sp³-hybridized carbons (Fsp3) is 0.250. The van der Waals surface area contributed by atoms with Gasteiger partial charge >= 0.3 is 0 Å². The topological polar surface area (TPSA) is 35.5 Å². The number of benzene rings is 2. The molecule has 0 aromatic heterocycles. The standard InChI is InChI=1S/C16H20N2O/c1-12-10-14(18(2)3)6-9-16(12)17-11-13-4-7-15(19)8-5-13/h4-10,17,19H,11H2,1-3H3. The van der Waals surface area contributed by atoms with Crippen LogP contribution in [0.15, 0.2) is 42.5 Å². The van der Waals surface area contributed by atoms with Crippen molar-refractivity contribution in [2.24, 2.45) is 0 Å². The van der Waals surface area contributed by atoms with Gasteiger partial charge in [-0.1, -0.05) is 12.1 Å². The Morgan fingerprint density at radius 2 is 1.74 bits per heavy atom. The van der Waals surface area contributed by atoms with E-state index in [1.165, 1.54) is 11.3 Å². The Hall–Kier alpha value is -2.16. The van der Waals surface area contributed by atoms with E-state index in [0.717, 1.165) is 17.8 Å². The lowest BCUT2D eigenvalue weighted by atomic mass is 10.1. The first kappa shape index (κ1) is 13.3. The molecule has 0 bridgehead atoms. The summed E-state index contributed by atoms with van der Waals surface area (Å²) in [5.74, 6) is 0.301. The van der Waals surface area contributed by atoms with E-state index in [2.05, 4.69) is 35.3 Å². The van der Waals surface area contributed by atoms with E-state index < -0.39 is 0 Å². The molecular weight excluding hydrogens is 236 g/mol. The number of hydrogen-bond donors (Lipinski definition) is 2. The summed E-state index contributed by atoms with van der Waals surface area (Å²) >= 11 is 0. The molecule has 3 nitrogen and oxygen atoms in total. The molecule has 0 unspecified atom stereocenters. The van der Waals surface area contributed by atoms with E-state index in [0.29, 0.717) is 5.75 Å². The minimum absolute atomic E-state index is 0.301. The second kappa shape index (κ2) is 5.65. The van der Waals surface area contributed by atoms with Crippen molar-refractivity contribution in [3.63, 3.8) is 0 Å². The number of nitrogens with zero attached hydrogens (tertiary/aromatic N) is 1. The van der Waals surface area contributed by atoms with Crippen molar-refractivity contribution in [2.45, 2.75) is 13.5 Å². The molecule has 3 heteroatoms. The van der Waals surface area contributed by atoms with Crippen LogP contribution in [0.4, 0.5) is 11.4 Å². The van der Waals surface area contributed by atoms with Crippen LogP contribution in [-0.2, 0) is 6.54 Å². The normalized spacial score (nSPS) is 10.3. The second-order valence-corrected chi connectivity index (χ2v) is 4.91. The lowest BCUT2D eigenvalue weighted by molar-refractivity contribution is 0.475. The molecular formula is C16H20N2O. The number of rotatable bonds is 4. The summed E-state index contributed by atoms with van der Waals surface area (Å²) in [6.07, 6.45) is 0. The maximum Gasteiger partial charge on any atom is 0.115 e. The zero-order valence-corrected chi connectivity index (χ0v) is 11.6. The van der Waals surface area contributed by atoms with Crippen LogP contribution in [0.2, 0.25) is 0 Å². The molecule has 2 aromatic rings. The maximum atomic E-state index is 9.24. The Balaban J connectivity index is 2.05. The molecule has 0 fully saturated rings. The molecule has 0 radical (unpaired) electrons. The largest absolute Gasteiger partial charge is 0.508 e. The van der Waals surface area contributed by atoms with Crippen molar-refractivity contribution in [1.82, 2.24) is 0 Å². The smallest absolute Gasteiger partial charge is 0.115 e. The minimum atomic E-state index is 0.301. The van der Waals surface area contributed by atoms with Gasteiger partial charge in [0.1, 0.15) is 5.75 Å². The molecule has 0 spiro atoms. The first-order valence-corrected chi connectivity index (χ1v) is 6.36. The van der Waals surface area contributed by atoms with Crippen LogP contribution in [0, 0.1) is 6.92 Å². The zero-order chi connectivity index (χ0) is 13.8. The summed E-state index contributed by atoms with van der Waals surface area (Å²) in [6.45, 7) is 2.86. The Bertz CT molecular complexity index is 547. The molecule has 2 aromatic carbocycles. The average Bonchev–Trinajstić information content (AvgIpc) is 2.39. The molecule has 0 aliphatic rings. The number of hydrogen-bond acceptors (Lipinski definition) is 3. The summed E-state index contributed by atoms with van der Waals surface area (Å²) in [6, 6.07) is 13.6. The van der Waals surface area contributed by atoms with E-state index in [9.17, 15) is 5.11 Å². The molecule has 0 saturated heterocycles. The lowest BCUT2D eigenvalue weighted by Crippen LogP contribution is -2.09. The Labute approximate surface area is 114 Å². The number of phenolic OH excluding ortho intramolecular Hbond substituents is 1. The third kappa shape index (κ3) is 3.41. The van der Waals surface area contributed by atoms with Gasteiger partial charge in [0.15, 0.2) is 0 Å². The molecule has 0 heterocycles. The maximum absolute atomic E-state index is 9.24. The first-order chi connectivity index (χ1) is 9.06. The van der Waals surface area contributed by atoms with Gasteiger partial charge in [-0.2, -0.15) is 0 Å². The Morgan fingerprint density at radius 1 is 1.05 bits per heavy atom. The molecule has 2 N–H and O–H groups in total. The highest BCUT2D eigenvalue weighted by Crippen LogP contribution is 2.22. The van der Waals surface area contributed by atoms with Gasteiger partial charge in [-0.25, -0.2) is 0 Å². The molecule has 0 aliphatic heterocycles. The van der Waals surface area contributed by atoms with Crippen LogP contribution in [0.5, 0.6) is 5.75 Å². The fourth-order valence-electron chi connectivity index (χ4n) is 1.94. The van der Waals surface area contributed by atoms with E-state index in [4.69, 9.17) is 0 Å². The van der Waals surface area contributed by atoms with E-state index in [1.54, 1.807) is 12.1 Å². The first-order valence-electron chi connectivity index (χ1n) is 6.36. The quantitative estimate of drug-likeness (QED) is 0.880. The highest BCUT2D eigenvalue weighted by atomic mass is 16.3. The zero-order valence-electron chi connectivity index (χ0n) is 11.6. The SMILES string of the molecule is Cc1cc(N(C)C)ccc1NCc1ccc(O)cc1. The second-order valence-electron chi connectivity index (χ2n) is 4.91. The van der Waals surface area contributed by atoms with Crippen molar-refractivity contribution in [3.05, 3.63) is 53.6 Å². The summed E-state index contributed by atoms with van der Waals surface area (Å²) in [4.78, 5) is 2.09. The van der Waals surface area contributed by atoms with Gasteiger partial charge in [0.25, 0.3) is 0 Å². The van der Waals surface area contributed by atoms with Gasteiger partial charge in [-0.15, -0.1) is 0 Å². The molecule has 100 valence electrons. The van der Waals surface area contributed by atoms with Gasteiger partial charge in [-0.05, 0) is 48.4 Å². The number of phenols is 1. The van der Waals surface area contributed by atoms with Crippen LogP contribution < -0.4 is 10.2 Å². The van der Waals surface area contributed by atoms with Crippen LogP contribution in [0.3, 0.4) is 0 Å². The third-order valence-electron chi connectivity index (χ3n) is 3.15. The average molecular weight is 256 g/mol. The molecule has 19 heavy (non-hydrogen) atoms. The lowest BCUT2D eigenvalue weighted by Gasteiger charge is -2.16. The summed E-state index contributed by atoms with van der Waals surface area (Å²) in [7, 11) is 4.08. The highest BCUT2D eigenvalue weighted by molar-refractivity contribution is 5.59. The molecule has 0 atom stereocenters. The van der Waals surface area contributed by atoms with Crippen molar-refractivity contribution < 1.29 is 5.11 Å². The van der Waals surface area contributed by atoms with Crippen molar-refractivity contribution in [1.29, 1.82) is 0 Å². The van der Waals surface area contributed by atoms with E-state index in [-0.39, 0.29) is 0 Å². The number of aromatic hydroxyl groups is 1. The number of aryl methyl sites for hydroxylation is 1. The summed E-state index contributed by atoms with van der Waals surface area (Å²) < 4.78 is 0. The van der Waals surface area contributed by atoms with Crippen LogP contribution in [-0.4, -0.2) is 19.2 Å². The van der Waals surface area contributed by atoms with Crippen LogP contribution >= 0.6 is 0 Å². The molecule has 2 rings (SSSR count). The predicted molar refractivity (Wildman–Crippen MR) is 80.9 cm³/mol. The highest BCUT2D eigenvalue weighted by Gasteiger charge is 2.01. The number of anilines is 2. The third-order valence-corrected chi connectivity index (χ3v) is 3.15. The molecule has 0 saturated carbocycles. The van der Waals surface area contributed by atoms with Crippen molar-refractivity contribution in [3.8, 4) is 5.75 Å². The summed E-state index contributed by atoms with van der Waals surface area (Å²) in [5.41, 5.74) is 4.71. The van der Waals surface area contributed by atoms with Crippen LogP contribution in [0.1, 0.15) is 11.1 Å². The molecule has 0 aliphatic carbocycles. The van der Waals surface area contributed by atoms with Gasteiger partial charge < -0.3 is 15.3 Å². The van der Waals surface area contributed by atoms with Gasteiger partial charge in [-0.3, -0.25) is 0 Å².